The Balaban J connectivity index is 2.26. The van der Waals surface area contributed by atoms with Crippen LogP contribution in [0.5, 0.6) is 0 Å². The lowest BCUT2D eigenvalue weighted by atomic mass is 10.2. The summed E-state index contributed by atoms with van der Waals surface area (Å²) < 4.78 is 0.829. The number of benzene rings is 1. The summed E-state index contributed by atoms with van der Waals surface area (Å²) in [5, 5.41) is 12.2. The van der Waals surface area contributed by atoms with E-state index in [0.717, 1.165) is 10.2 Å². The van der Waals surface area contributed by atoms with E-state index in [4.69, 9.17) is 0 Å². The van der Waals surface area contributed by atoms with Gasteiger partial charge in [0.2, 0.25) is 0 Å². The molecule has 0 radical (unpaired) electrons. The van der Waals surface area contributed by atoms with Gasteiger partial charge in [0.1, 0.15) is 0 Å². The number of nitrogens with one attached hydrogen (secondary N) is 1. The number of carbonyl (C=O) groups is 1. The third-order valence-electron chi connectivity index (χ3n) is 2.16. The van der Waals surface area contributed by atoms with Crippen LogP contribution < -0.4 is 5.32 Å². The standard InChI is InChI=1S/C11H9BrN2O2S/c12-7-3-1-2-4-8(7)14-10(11(15)16)9-5-13-6-17-9/h1-6,10,14H,(H,15,16). The molecule has 88 valence electrons. The van der Waals surface area contributed by atoms with Crippen LogP contribution in [0.4, 0.5) is 5.69 Å². The summed E-state index contributed by atoms with van der Waals surface area (Å²) in [4.78, 5) is 15.8. The molecule has 1 aromatic heterocycles. The Morgan fingerprint density at radius 2 is 2.24 bits per heavy atom. The maximum absolute atomic E-state index is 11.2. The van der Waals surface area contributed by atoms with Crippen molar-refractivity contribution in [1.82, 2.24) is 4.98 Å². The van der Waals surface area contributed by atoms with E-state index in [1.54, 1.807) is 11.7 Å². The average molecular weight is 313 g/mol. The second kappa shape index (κ2) is 5.29. The first-order chi connectivity index (χ1) is 8.18. The summed E-state index contributed by atoms with van der Waals surface area (Å²) in [5.74, 6) is -0.926. The van der Waals surface area contributed by atoms with Crippen molar-refractivity contribution in [3.8, 4) is 0 Å². The van der Waals surface area contributed by atoms with Crippen LogP contribution in [-0.4, -0.2) is 16.1 Å². The summed E-state index contributed by atoms with van der Waals surface area (Å²) in [5.41, 5.74) is 2.36. The van der Waals surface area contributed by atoms with E-state index in [1.165, 1.54) is 11.3 Å². The highest BCUT2D eigenvalue weighted by Gasteiger charge is 2.21. The molecule has 1 aromatic carbocycles. The molecule has 0 saturated heterocycles. The van der Waals surface area contributed by atoms with E-state index in [1.807, 2.05) is 24.3 Å². The number of anilines is 1. The van der Waals surface area contributed by atoms with Crippen molar-refractivity contribution in [3.63, 3.8) is 0 Å². The lowest BCUT2D eigenvalue weighted by molar-refractivity contribution is -0.138. The van der Waals surface area contributed by atoms with Gasteiger partial charge in [-0.05, 0) is 28.1 Å². The molecule has 1 unspecified atom stereocenters. The van der Waals surface area contributed by atoms with Gasteiger partial charge >= 0.3 is 5.97 Å². The van der Waals surface area contributed by atoms with Crippen molar-refractivity contribution in [3.05, 3.63) is 45.3 Å². The van der Waals surface area contributed by atoms with Gasteiger partial charge in [-0.15, -0.1) is 11.3 Å². The molecule has 2 aromatic rings. The molecule has 1 atom stereocenters. The summed E-state index contributed by atoms with van der Waals surface area (Å²) >= 11 is 4.68. The van der Waals surface area contributed by atoms with Gasteiger partial charge in [-0.25, -0.2) is 4.79 Å². The smallest absolute Gasteiger partial charge is 0.331 e. The van der Waals surface area contributed by atoms with Crippen molar-refractivity contribution in [2.24, 2.45) is 0 Å². The van der Waals surface area contributed by atoms with Crippen LogP contribution in [0.1, 0.15) is 10.9 Å². The first kappa shape index (κ1) is 12.1. The molecule has 0 bridgehead atoms. The monoisotopic (exact) mass is 312 g/mol. The molecular weight excluding hydrogens is 304 g/mol. The van der Waals surface area contributed by atoms with Crippen molar-refractivity contribution >= 4 is 38.9 Å². The molecular formula is C11H9BrN2O2S. The van der Waals surface area contributed by atoms with Crippen LogP contribution in [0.2, 0.25) is 0 Å². The number of carboxylic acids is 1. The normalized spacial score (nSPS) is 12.1. The highest BCUT2D eigenvalue weighted by atomic mass is 79.9. The number of hydrogen-bond acceptors (Lipinski definition) is 4. The maximum atomic E-state index is 11.2. The zero-order chi connectivity index (χ0) is 12.3. The number of para-hydroxylation sites is 1. The Hall–Kier alpha value is -1.40. The highest BCUT2D eigenvalue weighted by molar-refractivity contribution is 9.10. The van der Waals surface area contributed by atoms with Crippen molar-refractivity contribution < 1.29 is 9.90 Å². The second-order valence-corrected chi connectivity index (χ2v) is 5.07. The lowest BCUT2D eigenvalue weighted by Crippen LogP contribution is -2.19. The molecule has 1 heterocycles. The first-order valence-electron chi connectivity index (χ1n) is 4.80. The van der Waals surface area contributed by atoms with Gasteiger partial charge in [0, 0.05) is 16.4 Å². The summed E-state index contributed by atoms with van der Waals surface area (Å²) in [6.07, 6.45) is 1.56. The summed E-state index contributed by atoms with van der Waals surface area (Å²) in [7, 11) is 0. The van der Waals surface area contributed by atoms with Crippen molar-refractivity contribution in [2.45, 2.75) is 6.04 Å². The van der Waals surface area contributed by atoms with Crippen LogP contribution in [0.15, 0.2) is 40.4 Å². The number of aromatic nitrogens is 1. The molecule has 2 rings (SSSR count). The largest absolute Gasteiger partial charge is 0.479 e. The summed E-state index contributed by atoms with van der Waals surface area (Å²) in [6.45, 7) is 0. The van der Waals surface area contributed by atoms with Crippen LogP contribution >= 0.6 is 27.3 Å². The fraction of sp³-hybridized carbons (Fsp3) is 0.0909. The number of carboxylic acid groups (broad SMARTS) is 1. The number of aliphatic carboxylic acids is 1. The quantitative estimate of drug-likeness (QED) is 0.910. The van der Waals surface area contributed by atoms with Gasteiger partial charge in [0.15, 0.2) is 6.04 Å². The van der Waals surface area contributed by atoms with E-state index < -0.39 is 12.0 Å². The first-order valence-corrected chi connectivity index (χ1v) is 6.48. The van der Waals surface area contributed by atoms with Crippen LogP contribution in [0, 0.1) is 0 Å². The number of rotatable bonds is 4. The summed E-state index contributed by atoms with van der Waals surface area (Å²) in [6, 6.07) is 6.62. The minimum absolute atomic E-state index is 0.674. The fourth-order valence-corrected chi connectivity index (χ4v) is 2.42. The SMILES string of the molecule is O=C(O)C(Nc1ccccc1Br)c1cncs1. The number of thiazole rings is 1. The Bertz CT molecular complexity index is 516. The number of nitrogens with zero attached hydrogens (tertiary/aromatic N) is 1. The van der Waals surface area contributed by atoms with Gasteiger partial charge in [0.05, 0.1) is 10.4 Å². The zero-order valence-corrected chi connectivity index (χ0v) is 11.0. The molecule has 0 fully saturated rings. The van der Waals surface area contributed by atoms with Crippen molar-refractivity contribution in [1.29, 1.82) is 0 Å². The molecule has 0 saturated carbocycles. The predicted octanol–water partition coefficient (Wildman–Crippen LogP) is 3.14. The molecule has 4 nitrogen and oxygen atoms in total. The average Bonchev–Trinajstić information content (AvgIpc) is 2.81. The van der Waals surface area contributed by atoms with Gasteiger partial charge in [-0.2, -0.15) is 0 Å². The molecule has 2 N–H and O–H groups in total. The van der Waals surface area contributed by atoms with E-state index >= 15 is 0 Å². The Labute approximate surface area is 110 Å². The Kier molecular flexibility index (Phi) is 3.75. The second-order valence-electron chi connectivity index (χ2n) is 3.30. The molecule has 6 heteroatoms. The molecule has 17 heavy (non-hydrogen) atoms. The van der Waals surface area contributed by atoms with E-state index in [2.05, 4.69) is 26.2 Å². The third-order valence-corrected chi connectivity index (χ3v) is 3.69. The van der Waals surface area contributed by atoms with Crippen LogP contribution in [0.25, 0.3) is 0 Å². The lowest BCUT2D eigenvalue weighted by Gasteiger charge is -2.14. The van der Waals surface area contributed by atoms with E-state index in [0.29, 0.717) is 4.88 Å². The van der Waals surface area contributed by atoms with Gasteiger partial charge in [-0.3, -0.25) is 4.98 Å². The van der Waals surface area contributed by atoms with Crippen molar-refractivity contribution in [2.75, 3.05) is 5.32 Å². The fourth-order valence-electron chi connectivity index (χ4n) is 1.36. The molecule has 0 amide bonds. The number of hydrogen-bond donors (Lipinski definition) is 2. The predicted molar refractivity (Wildman–Crippen MR) is 70.3 cm³/mol. The van der Waals surface area contributed by atoms with Gasteiger partial charge in [-0.1, -0.05) is 12.1 Å². The molecule has 0 aliphatic carbocycles. The minimum Gasteiger partial charge on any atom is -0.479 e. The topological polar surface area (TPSA) is 62.2 Å². The maximum Gasteiger partial charge on any atom is 0.331 e. The molecule has 0 aliphatic heterocycles. The minimum atomic E-state index is -0.926. The number of halogens is 1. The Morgan fingerprint density at radius 3 is 2.82 bits per heavy atom. The van der Waals surface area contributed by atoms with Gasteiger partial charge < -0.3 is 10.4 Å². The van der Waals surface area contributed by atoms with E-state index in [9.17, 15) is 9.90 Å². The zero-order valence-electron chi connectivity index (χ0n) is 8.63. The van der Waals surface area contributed by atoms with Crippen LogP contribution in [0.3, 0.4) is 0 Å². The highest BCUT2D eigenvalue weighted by Crippen LogP contribution is 2.27. The molecule has 0 aliphatic rings. The Morgan fingerprint density at radius 1 is 1.47 bits per heavy atom. The molecule has 0 spiro atoms. The van der Waals surface area contributed by atoms with Gasteiger partial charge in [0.25, 0.3) is 0 Å². The van der Waals surface area contributed by atoms with E-state index in [-0.39, 0.29) is 0 Å². The third kappa shape index (κ3) is 2.83. The van der Waals surface area contributed by atoms with Crippen LogP contribution in [-0.2, 0) is 4.79 Å².